The summed E-state index contributed by atoms with van der Waals surface area (Å²) in [6.45, 7) is 11.3. The average Bonchev–Trinajstić information content (AvgIpc) is 0.792. The van der Waals surface area contributed by atoms with Crippen LogP contribution in [0.5, 0.6) is 63.5 Å². The Morgan fingerprint density at radius 3 is 0.927 bits per heavy atom. The molecule has 574 valence electrons. The fourth-order valence-electron chi connectivity index (χ4n) is 9.93. The van der Waals surface area contributed by atoms with Crippen LogP contribution < -0.4 is 57.6 Å². The largest absolute Gasteiger partial charge is 0.493 e. The summed E-state index contributed by atoms with van der Waals surface area (Å²) in [4.78, 5) is 63.4. The first-order valence-corrected chi connectivity index (χ1v) is 37.3. The molecule has 33 heteroatoms. The number of aromatic nitrogens is 12. The SMILES string of the molecule is C.C.C.COc1ccccc1Oc1c(NS(=O)(=O)c2ccc(C(C)C)cc2)nc(-c2ncccn2)[nH]c1=O.COc1ccccc1Oc1c(NS(=O)(=O)c2ccc(C(C)C)cc2)nc(-c2ncccn2)nc1OCCOc1nc(-c2ncccn2)nc(NS(=O)(=O)c2ccc(C(C)C)cc2)c1Oc1ccccc1OC. The molecule has 0 radical (unpaired) electrons. The Balaban J connectivity index is 0.000000336. The molecule has 4 N–H and O–H groups in total. The van der Waals surface area contributed by atoms with Crippen LogP contribution in [0.3, 0.4) is 0 Å². The average molecular weight is 1550 g/mol. The van der Waals surface area contributed by atoms with E-state index in [1.165, 1.54) is 94.9 Å². The third-order valence-electron chi connectivity index (χ3n) is 15.5. The van der Waals surface area contributed by atoms with E-state index in [4.69, 9.17) is 37.9 Å². The number of methoxy groups -OCH3 is 3. The molecule has 0 saturated carbocycles. The summed E-state index contributed by atoms with van der Waals surface area (Å²) in [6.07, 6.45) is 8.83. The molecule has 12 aromatic rings. The third kappa shape index (κ3) is 20.3. The lowest BCUT2D eigenvalue weighted by Gasteiger charge is -2.19. The first-order valence-electron chi connectivity index (χ1n) is 32.9. The van der Waals surface area contributed by atoms with Crippen molar-refractivity contribution in [2.75, 3.05) is 48.7 Å². The zero-order chi connectivity index (χ0) is 75.8. The van der Waals surface area contributed by atoms with Crippen LogP contribution in [0, 0.1) is 0 Å². The van der Waals surface area contributed by atoms with Crippen LogP contribution in [-0.4, -0.2) is 120 Å². The van der Waals surface area contributed by atoms with Crippen LogP contribution in [0.25, 0.3) is 34.9 Å². The molecule has 6 aromatic carbocycles. The van der Waals surface area contributed by atoms with Gasteiger partial charge in [-0.05, 0) is 125 Å². The van der Waals surface area contributed by atoms with Crippen molar-refractivity contribution in [2.45, 2.75) is 96.3 Å². The summed E-state index contributed by atoms with van der Waals surface area (Å²) >= 11 is 0. The summed E-state index contributed by atoms with van der Waals surface area (Å²) < 4.78 is 138. The van der Waals surface area contributed by atoms with Crippen molar-refractivity contribution in [1.82, 2.24) is 59.8 Å². The molecule has 0 aliphatic carbocycles. The number of H-pyrrole nitrogens is 1. The highest BCUT2D eigenvalue weighted by Gasteiger charge is 2.30. The normalized spacial score (nSPS) is 11.1. The van der Waals surface area contributed by atoms with E-state index in [1.54, 1.807) is 127 Å². The van der Waals surface area contributed by atoms with Crippen LogP contribution in [0.15, 0.2) is 220 Å². The third-order valence-corrected chi connectivity index (χ3v) is 19.6. The number of nitrogens with zero attached hydrogens (tertiary/aromatic N) is 11. The fraction of sp³-hybridized carbons (Fsp3) is 0.221. The van der Waals surface area contributed by atoms with E-state index in [2.05, 4.69) is 74.0 Å². The van der Waals surface area contributed by atoms with E-state index in [0.717, 1.165) is 16.7 Å². The van der Waals surface area contributed by atoms with E-state index < -0.39 is 35.6 Å². The summed E-state index contributed by atoms with van der Waals surface area (Å²) in [5.74, 6) is -0.485. The highest BCUT2D eigenvalue weighted by molar-refractivity contribution is 7.93. The number of ether oxygens (including phenoxy) is 8. The lowest BCUT2D eigenvalue weighted by molar-refractivity contribution is 0.198. The quantitative estimate of drug-likeness (QED) is 0.0316. The van der Waals surface area contributed by atoms with Crippen molar-refractivity contribution in [3.05, 3.63) is 228 Å². The second-order valence-corrected chi connectivity index (χ2v) is 28.9. The molecule has 0 unspecified atom stereocenters. The lowest BCUT2D eigenvalue weighted by Crippen LogP contribution is -2.20. The molecule has 6 aromatic heterocycles. The summed E-state index contributed by atoms with van der Waals surface area (Å²) in [7, 11) is -8.45. The molecule has 0 aliphatic heterocycles. The van der Waals surface area contributed by atoms with Gasteiger partial charge in [-0.15, -0.1) is 0 Å². The van der Waals surface area contributed by atoms with Crippen LogP contribution >= 0.6 is 0 Å². The van der Waals surface area contributed by atoms with Gasteiger partial charge in [0.2, 0.25) is 28.9 Å². The Bertz CT molecular complexity index is 5270. The van der Waals surface area contributed by atoms with Gasteiger partial charge in [0.05, 0.1) is 36.0 Å². The van der Waals surface area contributed by atoms with Crippen molar-refractivity contribution in [1.29, 1.82) is 0 Å². The minimum Gasteiger partial charge on any atom is -0.493 e. The Labute approximate surface area is 638 Å². The van der Waals surface area contributed by atoms with Crippen molar-refractivity contribution < 1.29 is 63.1 Å². The maximum absolute atomic E-state index is 14.1. The molecule has 0 fully saturated rings. The van der Waals surface area contributed by atoms with E-state index in [9.17, 15) is 30.0 Å². The first kappa shape index (κ1) is 82.9. The molecule has 0 atom stereocenters. The van der Waals surface area contributed by atoms with Gasteiger partial charge in [-0.25, -0.2) is 70.1 Å². The summed E-state index contributed by atoms with van der Waals surface area (Å²) in [5, 5.41) is 0. The number of rotatable bonds is 29. The second kappa shape index (κ2) is 37.2. The standard InChI is InChI=1S/C50H48N10O10S2.C24H23N5O5S.3CH4/c1-31(2)33-17-21-35(22-18-33)71(61,62)59-43-41(69-39-15-9-7-13-37(39)65-5)49(57-47(55-43)45-51-25-11-26-52-45)67-29-30-68-50-42(70-40-16-10-8-14-38(40)66-6)44(56-48(58-50)46-53-27-12-28-54-46)60-72(63,64)36-23-19-34(20-24-36)32(3)4;1-15(2)16-9-11-17(12-10-16)35(31,32)29-21-20(34-19-8-5-4-7-18(19)33-3)24(30)28-23(27-21)22-25-13-6-14-26-22;;;/h7-28,31-32H,29-30H2,1-6H3,(H,55,57,59)(H,56,58,60);4-15H,1-3H3,(H2,27,28,29,30);3*1H4. The summed E-state index contributed by atoms with van der Waals surface area (Å²) in [5.41, 5.74) is 2.13. The predicted octanol–water partition coefficient (Wildman–Crippen LogP) is 14.9. The molecule has 0 spiro atoms. The zero-order valence-electron chi connectivity index (χ0n) is 59.0. The van der Waals surface area contributed by atoms with Gasteiger partial charge >= 0.3 is 0 Å². The molecule has 110 heavy (non-hydrogen) atoms. The number of para-hydroxylation sites is 6. The highest BCUT2D eigenvalue weighted by Crippen LogP contribution is 2.44. The molecular formula is C77H83N15O15S3. The Hall–Kier alpha value is -12.8. The first-order chi connectivity index (χ1) is 51.5. The molecule has 0 bridgehead atoms. The van der Waals surface area contributed by atoms with Gasteiger partial charge in [-0.3, -0.25) is 19.0 Å². The minimum absolute atomic E-state index is 0. The smallest absolute Gasteiger partial charge is 0.296 e. The van der Waals surface area contributed by atoms with Crippen molar-refractivity contribution >= 4 is 47.5 Å². The van der Waals surface area contributed by atoms with Gasteiger partial charge in [0.1, 0.15) is 13.2 Å². The molecule has 0 amide bonds. The van der Waals surface area contributed by atoms with E-state index in [1.807, 2.05) is 41.5 Å². The zero-order valence-corrected chi connectivity index (χ0v) is 61.4. The lowest BCUT2D eigenvalue weighted by atomic mass is 10.0. The van der Waals surface area contributed by atoms with E-state index in [0.29, 0.717) is 17.2 Å². The van der Waals surface area contributed by atoms with Crippen LogP contribution in [0.1, 0.15) is 98.3 Å². The Kier molecular flexibility index (Phi) is 28.0. The Morgan fingerprint density at radius 2 is 0.627 bits per heavy atom. The molecular weight excluding hydrogens is 1470 g/mol. The van der Waals surface area contributed by atoms with Gasteiger partial charge in [-0.1, -0.05) is 137 Å². The molecule has 30 nitrogen and oxygen atoms in total. The van der Waals surface area contributed by atoms with Crippen molar-refractivity contribution in [2.24, 2.45) is 0 Å². The number of benzene rings is 6. The Morgan fingerprint density at radius 1 is 0.345 bits per heavy atom. The van der Waals surface area contributed by atoms with Gasteiger partial charge < -0.3 is 42.9 Å². The van der Waals surface area contributed by atoms with Gasteiger partial charge in [-0.2, -0.15) is 9.97 Å². The number of aromatic amines is 1. The maximum atomic E-state index is 14.1. The predicted molar refractivity (Wildman–Crippen MR) is 416 cm³/mol. The fourth-order valence-corrected chi connectivity index (χ4v) is 12.9. The van der Waals surface area contributed by atoms with Crippen molar-refractivity contribution in [3.8, 4) is 98.5 Å². The topological polar surface area (TPSA) is 387 Å². The van der Waals surface area contributed by atoms with Gasteiger partial charge in [0.15, 0.2) is 75.2 Å². The maximum Gasteiger partial charge on any atom is 0.296 e. The number of nitrogens with one attached hydrogen (secondary N) is 4. The molecule has 0 aliphatic rings. The number of anilines is 3. The molecule has 12 rings (SSSR count). The highest BCUT2D eigenvalue weighted by atomic mass is 32.2. The molecule has 0 saturated heterocycles. The number of hydrogen-bond donors (Lipinski definition) is 4. The summed E-state index contributed by atoms with van der Waals surface area (Å²) in [6, 6.07) is 44.1. The van der Waals surface area contributed by atoms with Crippen LogP contribution in [-0.2, 0) is 30.1 Å². The number of sulfonamides is 3. The second-order valence-electron chi connectivity index (χ2n) is 23.8. The van der Waals surface area contributed by atoms with E-state index in [-0.39, 0.29) is 167 Å². The van der Waals surface area contributed by atoms with E-state index >= 15 is 0 Å². The molecule has 6 heterocycles. The number of hydrogen-bond acceptors (Lipinski definition) is 26. The monoisotopic (exact) mass is 1550 g/mol. The van der Waals surface area contributed by atoms with Crippen molar-refractivity contribution in [3.63, 3.8) is 0 Å². The minimum atomic E-state index is -4.34. The van der Waals surface area contributed by atoms with Crippen LogP contribution in [0.4, 0.5) is 17.5 Å². The van der Waals surface area contributed by atoms with Gasteiger partial charge in [0, 0.05) is 37.2 Å². The van der Waals surface area contributed by atoms with Crippen LogP contribution in [0.2, 0.25) is 0 Å². The van der Waals surface area contributed by atoms with Gasteiger partial charge in [0.25, 0.3) is 47.4 Å².